The zero-order valence-electron chi connectivity index (χ0n) is 10.5. The molecule has 0 unspecified atom stereocenters. The van der Waals surface area contributed by atoms with E-state index in [0.717, 1.165) is 11.1 Å². The van der Waals surface area contributed by atoms with Gasteiger partial charge in [0.25, 0.3) is 5.91 Å². The first-order valence-corrected chi connectivity index (χ1v) is 6.05. The minimum absolute atomic E-state index is 0.0859. The number of carbonyl (C=O) groups excluding carboxylic acids is 2. The molecule has 0 saturated carbocycles. The Hall–Kier alpha value is -2.20. The topological polar surface area (TPSA) is 46.6 Å². The number of carbonyl (C=O) groups is 2. The van der Waals surface area contributed by atoms with Crippen molar-refractivity contribution in [2.75, 3.05) is 7.11 Å². The Balaban J connectivity index is 2.24. The van der Waals surface area contributed by atoms with Gasteiger partial charge in [-0.15, -0.1) is 0 Å². The summed E-state index contributed by atoms with van der Waals surface area (Å²) in [4.78, 5) is 28.8. The summed E-state index contributed by atoms with van der Waals surface area (Å²) in [5.74, 6) is -0.206. The summed E-state index contributed by atoms with van der Waals surface area (Å²) in [5, 5.41) is 1.33. The van der Waals surface area contributed by atoms with Crippen molar-refractivity contribution in [2.45, 2.75) is 12.0 Å². The quantitative estimate of drug-likeness (QED) is 0.764. The first kappa shape index (κ1) is 11.9. The molecule has 1 aromatic carbocycles. The molecule has 0 aromatic heterocycles. The molecule has 0 fully saturated rings. The number of ketones is 1. The summed E-state index contributed by atoms with van der Waals surface area (Å²) in [6.07, 6.45) is 6.69. The van der Waals surface area contributed by atoms with Crippen molar-refractivity contribution in [3.63, 3.8) is 0 Å². The molecule has 0 N–H and O–H groups in total. The molecule has 0 bridgehead atoms. The normalized spacial score (nSPS) is 19.9. The summed E-state index contributed by atoms with van der Waals surface area (Å²) in [5.41, 5.74) is 1.12. The second-order valence-corrected chi connectivity index (χ2v) is 4.60. The van der Waals surface area contributed by atoms with E-state index < -0.39 is 5.54 Å². The van der Waals surface area contributed by atoms with E-state index in [1.807, 2.05) is 24.3 Å². The van der Waals surface area contributed by atoms with E-state index in [1.165, 1.54) is 24.3 Å². The van der Waals surface area contributed by atoms with Gasteiger partial charge < -0.3 is 0 Å². The molecule has 4 heteroatoms. The number of hydrogen-bond donors (Lipinski definition) is 0. The van der Waals surface area contributed by atoms with Gasteiger partial charge in [0, 0.05) is 0 Å². The molecule has 0 saturated heterocycles. The lowest BCUT2D eigenvalue weighted by atomic mass is 9.79. The number of nitrogens with zero attached hydrogens (tertiary/aromatic N) is 1. The first-order valence-electron chi connectivity index (χ1n) is 6.05. The maximum absolute atomic E-state index is 12.2. The molecule has 1 heterocycles. The Bertz CT molecular complexity index is 600. The minimum atomic E-state index is -0.811. The van der Waals surface area contributed by atoms with E-state index in [1.54, 1.807) is 12.2 Å². The summed E-state index contributed by atoms with van der Waals surface area (Å²) >= 11 is 0. The molecule has 0 atom stereocenters. The zero-order chi connectivity index (χ0) is 13.5. The van der Waals surface area contributed by atoms with Gasteiger partial charge in [-0.25, -0.2) is 5.06 Å². The lowest BCUT2D eigenvalue weighted by Gasteiger charge is -2.43. The van der Waals surface area contributed by atoms with Gasteiger partial charge in [0.2, 0.25) is 0 Å². The summed E-state index contributed by atoms with van der Waals surface area (Å²) in [6, 6.07) is 7.71. The molecule has 3 rings (SSSR count). The molecule has 2 aliphatic rings. The van der Waals surface area contributed by atoms with Gasteiger partial charge in [-0.2, -0.15) is 0 Å². The van der Waals surface area contributed by atoms with E-state index >= 15 is 0 Å². The zero-order valence-corrected chi connectivity index (χ0v) is 10.5. The lowest BCUT2D eigenvalue weighted by Crippen LogP contribution is -2.51. The highest BCUT2D eigenvalue weighted by atomic mass is 16.7. The second kappa shape index (κ2) is 4.17. The predicted octanol–water partition coefficient (Wildman–Crippen LogP) is 1.52. The highest BCUT2D eigenvalue weighted by Crippen LogP contribution is 2.40. The molecule has 19 heavy (non-hydrogen) atoms. The third kappa shape index (κ3) is 1.64. The Labute approximate surface area is 110 Å². The molecular formula is C15H13NO3. The van der Waals surface area contributed by atoms with Crippen LogP contribution >= 0.6 is 0 Å². The largest absolute Gasteiger partial charge is 0.290 e. The van der Waals surface area contributed by atoms with Crippen LogP contribution in [0.3, 0.4) is 0 Å². The van der Waals surface area contributed by atoms with E-state index in [-0.39, 0.29) is 11.7 Å². The number of hydroxylamine groups is 2. The highest BCUT2D eigenvalue weighted by molar-refractivity contribution is 6.01. The van der Waals surface area contributed by atoms with E-state index in [0.29, 0.717) is 6.42 Å². The van der Waals surface area contributed by atoms with Crippen molar-refractivity contribution in [1.29, 1.82) is 0 Å². The third-order valence-corrected chi connectivity index (χ3v) is 3.54. The van der Waals surface area contributed by atoms with Crippen LogP contribution in [0.25, 0.3) is 0 Å². The van der Waals surface area contributed by atoms with Gasteiger partial charge in [0.05, 0.1) is 13.5 Å². The average molecular weight is 255 g/mol. The minimum Gasteiger partial charge on any atom is -0.290 e. The van der Waals surface area contributed by atoms with Crippen LogP contribution in [-0.4, -0.2) is 23.9 Å². The number of amides is 1. The summed E-state index contributed by atoms with van der Waals surface area (Å²) in [6.45, 7) is 0. The van der Waals surface area contributed by atoms with Crippen molar-refractivity contribution >= 4 is 11.7 Å². The van der Waals surface area contributed by atoms with Crippen molar-refractivity contribution in [1.82, 2.24) is 5.06 Å². The van der Waals surface area contributed by atoms with Crippen LogP contribution in [0.1, 0.15) is 11.1 Å². The van der Waals surface area contributed by atoms with Gasteiger partial charge in [0.15, 0.2) is 5.78 Å². The second-order valence-electron chi connectivity index (χ2n) is 4.60. The number of fused-ring (bicyclic) bond motifs is 2. The summed E-state index contributed by atoms with van der Waals surface area (Å²) in [7, 11) is 1.46. The van der Waals surface area contributed by atoms with Gasteiger partial charge >= 0.3 is 0 Å². The summed E-state index contributed by atoms with van der Waals surface area (Å²) < 4.78 is 0. The number of benzene rings is 1. The fourth-order valence-electron chi connectivity index (χ4n) is 2.71. The molecule has 1 amide bonds. The monoisotopic (exact) mass is 255 g/mol. The number of rotatable bonds is 1. The molecule has 1 aliphatic heterocycles. The fraction of sp³-hybridized carbons (Fsp3) is 0.200. The number of allylic oxidation sites excluding steroid dienone is 2. The van der Waals surface area contributed by atoms with Crippen LogP contribution in [0.2, 0.25) is 0 Å². The Morgan fingerprint density at radius 1 is 1.16 bits per heavy atom. The first-order chi connectivity index (χ1) is 9.17. The van der Waals surface area contributed by atoms with Gasteiger partial charge in [0.1, 0.15) is 5.54 Å². The standard InChI is InChI=1S/C15H13NO3/c1-19-16-14(18)10-11-4-2-3-5-13(11)15(16)8-6-12(17)7-9-15/h2-9H,10H2,1H3. The molecule has 0 radical (unpaired) electrons. The SMILES string of the molecule is CON1C(=O)Cc2ccccc2C12C=CC(=O)C=C2. The van der Waals surface area contributed by atoms with Crippen LogP contribution in [0, 0.1) is 0 Å². The molecule has 1 aromatic rings. The van der Waals surface area contributed by atoms with Gasteiger partial charge in [-0.1, -0.05) is 24.3 Å². The van der Waals surface area contributed by atoms with Gasteiger partial charge in [-0.05, 0) is 35.4 Å². The molecule has 4 nitrogen and oxygen atoms in total. The van der Waals surface area contributed by atoms with Crippen molar-refractivity contribution in [3.8, 4) is 0 Å². The van der Waals surface area contributed by atoms with Crippen molar-refractivity contribution in [2.24, 2.45) is 0 Å². The number of hydrogen-bond acceptors (Lipinski definition) is 3. The Kier molecular flexibility index (Phi) is 2.61. The van der Waals surface area contributed by atoms with Crippen LogP contribution < -0.4 is 0 Å². The van der Waals surface area contributed by atoms with Crippen molar-refractivity contribution < 1.29 is 14.4 Å². The van der Waals surface area contributed by atoms with Crippen LogP contribution in [0.4, 0.5) is 0 Å². The average Bonchev–Trinajstić information content (AvgIpc) is 2.42. The Morgan fingerprint density at radius 2 is 1.84 bits per heavy atom. The van der Waals surface area contributed by atoms with Crippen LogP contribution in [-0.2, 0) is 26.4 Å². The molecule has 1 spiro atoms. The maximum atomic E-state index is 12.2. The van der Waals surface area contributed by atoms with Gasteiger partial charge in [-0.3, -0.25) is 14.4 Å². The molecular weight excluding hydrogens is 242 g/mol. The Morgan fingerprint density at radius 3 is 2.53 bits per heavy atom. The highest BCUT2D eigenvalue weighted by Gasteiger charge is 2.44. The lowest BCUT2D eigenvalue weighted by molar-refractivity contribution is -0.198. The smallest absolute Gasteiger partial charge is 0.252 e. The van der Waals surface area contributed by atoms with Crippen molar-refractivity contribution in [3.05, 3.63) is 59.7 Å². The molecule has 1 aliphatic carbocycles. The van der Waals surface area contributed by atoms with E-state index in [9.17, 15) is 9.59 Å². The maximum Gasteiger partial charge on any atom is 0.252 e. The molecule has 96 valence electrons. The van der Waals surface area contributed by atoms with Crippen LogP contribution in [0.15, 0.2) is 48.6 Å². The fourth-order valence-corrected chi connectivity index (χ4v) is 2.71. The van der Waals surface area contributed by atoms with Crippen LogP contribution in [0.5, 0.6) is 0 Å². The van der Waals surface area contributed by atoms with E-state index in [4.69, 9.17) is 4.84 Å². The third-order valence-electron chi connectivity index (χ3n) is 3.54. The predicted molar refractivity (Wildman–Crippen MR) is 69.0 cm³/mol. The van der Waals surface area contributed by atoms with E-state index in [2.05, 4.69) is 0 Å².